The average molecular weight is 202 g/mol. The van der Waals surface area contributed by atoms with Gasteiger partial charge in [0.05, 0.1) is 5.92 Å². The molecule has 0 aromatic heterocycles. The monoisotopic (exact) mass is 202 g/mol. The lowest BCUT2D eigenvalue weighted by Gasteiger charge is -2.18. The van der Waals surface area contributed by atoms with Crippen LogP contribution in [0.1, 0.15) is 19.3 Å². The van der Waals surface area contributed by atoms with E-state index >= 15 is 0 Å². The summed E-state index contributed by atoms with van der Waals surface area (Å²) in [6.07, 6.45) is 0.844. The van der Waals surface area contributed by atoms with Gasteiger partial charge in [0.1, 0.15) is 0 Å². The molecule has 0 radical (unpaired) electrons. The number of aliphatic carboxylic acids is 2. The van der Waals surface area contributed by atoms with E-state index < -0.39 is 17.9 Å². The van der Waals surface area contributed by atoms with Crippen molar-refractivity contribution in [1.29, 1.82) is 0 Å². The summed E-state index contributed by atoms with van der Waals surface area (Å²) in [7, 11) is 0. The predicted octanol–water partition coefficient (Wildman–Crippen LogP) is 0.589. The molecule has 2 N–H and O–H groups in total. The van der Waals surface area contributed by atoms with E-state index in [9.17, 15) is 9.59 Å². The van der Waals surface area contributed by atoms with E-state index in [0.717, 1.165) is 0 Å². The van der Waals surface area contributed by atoms with Gasteiger partial charge >= 0.3 is 11.9 Å². The first-order valence-electron chi connectivity index (χ1n) is 4.63. The van der Waals surface area contributed by atoms with Gasteiger partial charge in [0.2, 0.25) is 0 Å². The molecule has 1 aliphatic heterocycles. The summed E-state index contributed by atoms with van der Waals surface area (Å²) in [5.74, 6) is -2.73. The molecule has 0 aromatic carbocycles. The fraction of sp³-hybridized carbons (Fsp3) is 0.778. The van der Waals surface area contributed by atoms with Gasteiger partial charge < -0.3 is 14.9 Å². The Hall–Kier alpha value is -1.10. The molecule has 1 heterocycles. The van der Waals surface area contributed by atoms with Crippen molar-refractivity contribution in [2.24, 2.45) is 11.8 Å². The van der Waals surface area contributed by atoms with Crippen LogP contribution in [0.25, 0.3) is 0 Å². The van der Waals surface area contributed by atoms with Crippen molar-refractivity contribution >= 4 is 11.9 Å². The van der Waals surface area contributed by atoms with Crippen molar-refractivity contribution in [1.82, 2.24) is 0 Å². The Kier molecular flexibility index (Phi) is 3.88. The van der Waals surface area contributed by atoms with Gasteiger partial charge in [-0.2, -0.15) is 0 Å². The molecule has 0 spiro atoms. The molecule has 0 amide bonds. The molecule has 1 aliphatic rings. The number of ether oxygens (including phenoxy) is 1. The van der Waals surface area contributed by atoms with Gasteiger partial charge in [-0.3, -0.25) is 9.59 Å². The van der Waals surface area contributed by atoms with Crippen molar-refractivity contribution in [3.8, 4) is 0 Å². The maximum absolute atomic E-state index is 10.9. The molecule has 1 rings (SSSR count). The lowest BCUT2D eigenvalue weighted by molar-refractivity contribution is -0.145. The molecule has 2 unspecified atom stereocenters. The van der Waals surface area contributed by atoms with Crippen molar-refractivity contribution in [2.45, 2.75) is 19.3 Å². The van der Waals surface area contributed by atoms with Crippen LogP contribution in [0.2, 0.25) is 0 Å². The molecular weight excluding hydrogens is 188 g/mol. The maximum atomic E-state index is 10.9. The standard InChI is InChI=1S/C9H14O5/c10-8(11)5-6-1-3-14-4-2-7(6)9(12)13/h6-7H,1-5H2,(H,10,11)(H,12,13). The van der Waals surface area contributed by atoms with Crippen molar-refractivity contribution in [3.05, 3.63) is 0 Å². The maximum Gasteiger partial charge on any atom is 0.306 e. The molecular formula is C9H14O5. The van der Waals surface area contributed by atoms with Gasteiger partial charge in [0.15, 0.2) is 0 Å². The quantitative estimate of drug-likeness (QED) is 0.699. The molecule has 14 heavy (non-hydrogen) atoms. The average Bonchev–Trinajstić information content (AvgIpc) is 2.28. The lowest BCUT2D eigenvalue weighted by Crippen LogP contribution is -2.25. The van der Waals surface area contributed by atoms with Crippen LogP contribution in [0, 0.1) is 11.8 Å². The first-order valence-corrected chi connectivity index (χ1v) is 4.63. The van der Waals surface area contributed by atoms with Gasteiger partial charge in [-0.05, 0) is 18.8 Å². The summed E-state index contributed by atoms with van der Waals surface area (Å²) in [5, 5.41) is 17.5. The van der Waals surface area contributed by atoms with Crippen LogP contribution < -0.4 is 0 Å². The van der Waals surface area contributed by atoms with Gasteiger partial charge in [-0.25, -0.2) is 0 Å². The third kappa shape index (κ3) is 2.99. The van der Waals surface area contributed by atoms with Crippen LogP contribution in [0.4, 0.5) is 0 Å². The first kappa shape index (κ1) is 11.0. The Morgan fingerprint density at radius 3 is 2.43 bits per heavy atom. The van der Waals surface area contributed by atoms with Crippen LogP contribution in [-0.4, -0.2) is 35.4 Å². The van der Waals surface area contributed by atoms with Crippen LogP contribution in [-0.2, 0) is 14.3 Å². The number of carboxylic acid groups (broad SMARTS) is 2. The Morgan fingerprint density at radius 1 is 1.21 bits per heavy atom. The molecule has 1 fully saturated rings. The van der Waals surface area contributed by atoms with Gasteiger partial charge in [0.25, 0.3) is 0 Å². The predicted molar refractivity (Wildman–Crippen MR) is 46.9 cm³/mol. The summed E-state index contributed by atoms with van der Waals surface area (Å²) in [4.78, 5) is 21.4. The number of hydrogen-bond donors (Lipinski definition) is 2. The zero-order chi connectivity index (χ0) is 10.6. The highest BCUT2D eigenvalue weighted by Gasteiger charge is 2.31. The normalized spacial score (nSPS) is 28.0. The van der Waals surface area contributed by atoms with E-state index in [1.807, 2.05) is 0 Å². The first-order chi connectivity index (χ1) is 6.61. The Balaban J connectivity index is 2.63. The molecule has 2 atom stereocenters. The SMILES string of the molecule is O=C(O)CC1CCOCCC1C(=O)O. The number of rotatable bonds is 3. The van der Waals surface area contributed by atoms with E-state index in [-0.39, 0.29) is 12.3 Å². The third-order valence-electron chi connectivity index (χ3n) is 2.53. The van der Waals surface area contributed by atoms with E-state index in [4.69, 9.17) is 14.9 Å². The van der Waals surface area contributed by atoms with Crippen molar-refractivity contribution in [3.63, 3.8) is 0 Å². The fourth-order valence-electron chi connectivity index (χ4n) is 1.78. The van der Waals surface area contributed by atoms with Gasteiger partial charge in [-0.15, -0.1) is 0 Å². The highest BCUT2D eigenvalue weighted by Crippen LogP contribution is 2.26. The molecule has 0 aromatic rings. The smallest absolute Gasteiger partial charge is 0.306 e. The summed E-state index contributed by atoms with van der Waals surface area (Å²) >= 11 is 0. The minimum atomic E-state index is -0.942. The van der Waals surface area contributed by atoms with Gasteiger partial charge in [0, 0.05) is 19.6 Å². The molecule has 0 saturated carbocycles. The van der Waals surface area contributed by atoms with Crippen LogP contribution in [0.3, 0.4) is 0 Å². The van der Waals surface area contributed by atoms with E-state index in [2.05, 4.69) is 0 Å². The zero-order valence-electron chi connectivity index (χ0n) is 7.81. The second kappa shape index (κ2) is 4.95. The van der Waals surface area contributed by atoms with Crippen LogP contribution in [0.5, 0.6) is 0 Å². The summed E-state index contributed by atoms with van der Waals surface area (Å²) in [6.45, 7) is 0.870. The Bertz CT molecular complexity index is 225. The molecule has 5 nitrogen and oxygen atoms in total. The topological polar surface area (TPSA) is 83.8 Å². The summed E-state index contributed by atoms with van der Waals surface area (Å²) < 4.78 is 5.13. The van der Waals surface area contributed by atoms with Crippen molar-refractivity contribution in [2.75, 3.05) is 13.2 Å². The molecule has 0 aliphatic carbocycles. The molecule has 0 bridgehead atoms. The molecule has 80 valence electrons. The molecule has 1 saturated heterocycles. The zero-order valence-corrected chi connectivity index (χ0v) is 7.81. The third-order valence-corrected chi connectivity index (χ3v) is 2.53. The lowest BCUT2D eigenvalue weighted by atomic mass is 9.85. The van der Waals surface area contributed by atoms with E-state index in [1.54, 1.807) is 0 Å². The highest BCUT2D eigenvalue weighted by atomic mass is 16.5. The van der Waals surface area contributed by atoms with E-state index in [1.165, 1.54) is 0 Å². The van der Waals surface area contributed by atoms with Crippen LogP contribution in [0.15, 0.2) is 0 Å². The fourth-order valence-corrected chi connectivity index (χ4v) is 1.78. The summed E-state index contributed by atoms with van der Waals surface area (Å²) in [6, 6.07) is 0. The van der Waals surface area contributed by atoms with E-state index in [0.29, 0.717) is 26.1 Å². The largest absolute Gasteiger partial charge is 0.481 e. The van der Waals surface area contributed by atoms with Crippen LogP contribution >= 0.6 is 0 Å². The number of hydrogen-bond acceptors (Lipinski definition) is 3. The minimum absolute atomic E-state index is 0.0830. The second-order valence-corrected chi connectivity index (χ2v) is 3.49. The van der Waals surface area contributed by atoms with Crippen molar-refractivity contribution < 1.29 is 24.5 Å². The Labute approximate surface area is 81.7 Å². The number of carboxylic acids is 2. The molecule has 5 heteroatoms. The number of carbonyl (C=O) groups is 2. The van der Waals surface area contributed by atoms with Gasteiger partial charge in [-0.1, -0.05) is 0 Å². The second-order valence-electron chi connectivity index (χ2n) is 3.49. The summed E-state index contributed by atoms with van der Waals surface area (Å²) in [5.41, 5.74) is 0. The Morgan fingerprint density at radius 2 is 1.86 bits per heavy atom. The highest BCUT2D eigenvalue weighted by molar-refractivity contribution is 5.73. The minimum Gasteiger partial charge on any atom is -0.481 e.